The molecule has 3 rings (SSSR count). The van der Waals surface area contributed by atoms with Gasteiger partial charge in [-0.25, -0.2) is 4.98 Å². The Morgan fingerprint density at radius 3 is 2.80 bits per heavy atom. The summed E-state index contributed by atoms with van der Waals surface area (Å²) >= 11 is 0. The standard InChI is InChI=1S/C16H15FN4O4/c17-12-4-3-11(10-14(12)21(23)24)16(22)19-13-2-1-5-18-15(13)20-6-8-25-9-7-20/h1-5,10H,6-9H2,(H,19,22). The molecule has 1 saturated heterocycles. The number of carbonyl (C=O) groups excluding carboxylic acids is 1. The number of nitrogens with zero attached hydrogens (tertiary/aromatic N) is 3. The molecule has 1 aliphatic heterocycles. The monoisotopic (exact) mass is 346 g/mol. The molecule has 1 fully saturated rings. The number of hydrogen-bond donors (Lipinski definition) is 1. The number of nitrogens with one attached hydrogen (secondary N) is 1. The van der Waals surface area contributed by atoms with Crippen molar-refractivity contribution < 1.29 is 18.8 Å². The van der Waals surface area contributed by atoms with E-state index in [4.69, 9.17) is 4.74 Å². The van der Waals surface area contributed by atoms with Gasteiger partial charge in [0.05, 0.1) is 23.8 Å². The van der Waals surface area contributed by atoms with E-state index in [2.05, 4.69) is 10.3 Å². The van der Waals surface area contributed by atoms with Gasteiger partial charge in [-0.1, -0.05) is 0 Å². The van der Waals surface area contributed by atoms with E-state index in [0.29, 0.717) is 37.8 Å². The Kier molecular flexibility index (Phi) is 4.85. The van der Waals surface area contributed by atoms with Crippen LogP contribution in [0.2, 0.25) is 0 Å². The first-order valence-corrected chi connectivity index (χ1v) is 7.59. The molecule has 2 heterocycles. The summed E-state index contributed by atoms with van der Waals surface area (Å²) in [6.07, 6.45) is 1.61. The second-order valence-electron chi connectivity index (χ2n) is 5.35. The molecule has 130 valence electrons. The molecule has 25 heavy (non-hydrogen) atoms. The number of carbonyl (C=O) groups is 1. The van der Waals surface area contributed by atoms with Crippen LogP contribution in [0.4, 0.5) is 21.6 Å². The number of morpholine rings is 1. The van der Waals surface area contributed by atoms with Crippen LogP contribution in [-0.2, 0) is 4.74 Å². The van der Waals surface area contributed by atoms with Crippen molar-refractivity contribution in [3.8, 4) is 0 Å². The van der Waals surface area contributed by atoms with Gasteiger partial charge >= 0.3 is 5.69 Å². The Labute approximate surface area is 142 Å². The van der Waals surface area contributed by atoms with E-state index >= 15 is 0 Å². The van der Waals surface area contributed by atoms with Crippen LogP contribution in [0, 0.1) is 15.9 Å². The van der Waals surface area contributed by atoms with Gasteiger partial charge in [-0.15, -0.1) is 0 Å². The average molecular weight is 346 g/mol. The molecule has 9 heteroatoms. The minimum Gasteiger partial charge on any atom is -0.378 e. The maximum absolute atomic E-state index is 13.4. The fourth-order valence-electron chi connectivity index (χ4n) is 2.51. The Bertz CT molecular complexity index is 808. The number of nitro benzene ring substituents is 1. The van der Waals surface area contributed by atoms with Crippen LogP contribution in [0.3, 0.4) is 0 Å². The third kappa shape index (κ3) is 3.72. The highest BCUT2D eigenvalue weighted by Gasteiger charge is 2.20. The van der Waals surface area contributed by atoms with E-state index in [-0.39, 0.29) is 5.56 Å². The van der Waals surface area contributed by atoms with Crippen molar-refractivity contribution in [1.29, 1.82) is 0 Å². The molecule has 0 unspecified atom stereocenters. The highest BCUT2D eigenvalue weighted by atomic mass is 19.1. The van der Waals surface area contributed by atoms with Crippen LogP contribution in [0.25, 0.3) is 0 Å². The van der Waals surface area contributed by atoms with Gasteiger partial charge < -0.3 is 15.0 Å². The second-order valence-corrected chi connectivity index (χ2v) is 5.35. The zero-order chi connectivity index (χ0) is 17.8. The van der Waals surface area contributed by atoms with E-state index in [9.17, 15) is 19.3 Å². The lowest BCUT2D eigenvalue weighted by atomic mass is 10.1. The van der Waals surface area contributed by atoms with Crippen molar-refractivity contribution in [2.75, 3.05) is 36.5 Å². The summed E-state index contributed by atoms with van der Waals surface area (Å²) in [7, 11) is 0. The summed E-state index contributed by atoms with van der Waals surface area (Å²) in [5.74, 6) is -0.974. The fraction of sp³-hybridized carbons (Fsp3) is 0.250. The quantitative estimate of drug-likeness (QED) is 0.673. The van der Waals surface area contributed by atoms with Gasteiger partial charge in [0, 0.05) is 30.9 Å². The highest BCUT2D eigenvalue weighted by molar-refractivity contribution is 6.06. The van der Waals surface area contributed by atoms with Gasteiger partial charge in [0.1, 0.15) is 0 Å². The number of nitro groups is 1. The lowest BCUT2D eigenvalue weighted by molar-refractivity contribution is -0.387. The molecular formula is C16H15FN4O4. The van der Waals surface area contributed by atoms with E-state index in [1.165, 1.54) is 6.07 Å². The van der Waals surface area contributed by atoms with Gasteiger partial charge in [-0.05, 0) is 24.3 Å². The zero-order valence-electron chi connectivity index (χ0n) is 13.1. The number of pyridine rings is 1. The molecule has 0 atom stereocenters. The largest absolute Gasteiger partial charge is 0.378 e. The molecule has 0 spiro atoms. The van der Waals surface area contributed by atoms with Gasteiger partial charge in [0.25, 0.3) is 5.91 Å². The summed E-state index contributed by atoms with van der Waals surface area (Å²) in [5.41, 5.74) is -0.279. The van der Waals surface area contributed by atoms with Gasteiger partial charge in [0.15, 0.2) is 5.82 Å². The summed E-state index contributed by atoms with van der Waals surface area (Å²) in [6.45, 7) is 2.41. The molecule has 1 aromatic heterocycles. The lowest BCUT2D eigenvalue weighted by Crippen LogP contribution is -2.37. The van der Waals surface area contributed by atoms with Gasteiger partial charge in [0.2, 0.25) is 5.82 Å². The Morgan fingerprint density at radius 1 is 1.32 bits per heavy atom. The summed E-state index contributed by atoms with van der Waals surface area (Å²) in [6, 6.07) is 6.37. The maximum Gasteiger partial charge on any atom is 0.305 e. The van der Waals surface area contributed by atoms with E-state index in [1.807, 2.05) is 4.90 Å². The Morgan fingerprint density at radius 2 is 2.08 bits per heavy atom. The van der Waals surface area contributed by atoms with Crippen LogP contribution in [0.1, 0.15) is 10.4 Å². The molecule has 0 aliphatic carbocycles. The molecule has 0 saturated carbocycles. The third-order valence-electron chi connectivity index (χ3n) is 3.75. The first-order valence-electron chi connectivity index (χ1n) is 7.59. The van der Waals surface area contributed by atoms with E-state index in [0.717, 1.165) is 12.1 Å². The molecule has 0 radical (unpaired) electrons. The minimum atomic E-state index is -0.989. The number of hydrogen-bond acceptors (Lipinski definition) is 6. The molecule has 0 bridgehead atoms. The third-order valence-corrected chi connectivity index (χ3v) is 3.75. The Hall–Kier alpha value is -3.07. The number of benzene rings is 1. The smallest absolute Gasteiger partial charge is 0.305 e. The van der Waals surface area contributed by atoms with Gasteiger partial charge in [-0.3, -0.25) is 14.9 Å². The van der Waals surface area contributed by atoms with Crippen molar-refractivity contribution in [3.05, 3.63) is 58.0 Å². The number of ether oxygens (including phenoxy) is 1. The summed E-state index contributed by atoms with van der Waals surface area (Å²) in [4.78, 5) is 28.6. The molecule has 1 amide bonds. The number of rotatable bonds is 4. The molecule has 1 N–H and O–H groups in total. The number of amides is 1. The predicted molar refractivity (Wildman–Crippen MR) is 88.3 cm³/mol. The highest BCUT2D eigenvalue weighted by Crippen LogP contribution is 2.25. The summed E-state index contributed by atoms with van der Waals surface area (Å²) < 4.78 is 18.7. The first-order chi connectivity index (χ1) is 12.1. The molecule has 1 aliphatic rings. The van der Waals surface area contributed by atoms with Gasteiger partial charge in [-0.2, -0.15) is 4.39 Å². The number of anilines is 2. The fourth-order valence-corrected chi connectivity index (χ4v) is 2.51. The number of halogens is 1. The predicted octanol–water partition coefficient (Wildman–Crippen LogP) is 2.22. The van der Waals surface area contributed by atoms with Crippen molar-refractivity contribution in [3.63, 3.8) is 0 Å². The molecule has 8 nitrogen and oxygen atoms in total. The van der Waals surface area contributed by atoms with Crippen LogP contribution in [0.15, 0.2) is 36.5 Å². The maximum atomic E-state index is 13.4. The van der Waals surface area contributed by atoms with Crippen molar-refractivity contribution in [2.24, 2.45) is 0 Å². The average Bonchev–Trinajstić information content (AvgIpc) is 2.63. The van der Waals surface area contributed by atoms with E-state index in [1.54, 1.807) is 18.3 Å². The topological polar surface area (TPSA) is 97.6 Å². The zero-order valence-corrected chi connectivity index (χ0v) is 13.1. The molecule has 2 aromatic rings. The van der Waals surface area contributed by atoms with Crippen LogP contribution in [-0.4, -0.2) is 42.1 Å². The van der Waals surface area contributed by atoms with E-state index < -0.39 is 22.3 Å². The van der Waals surface area contributed by atoms with Crippen molar-refractivity contribution in [1.82, 2.24) is 4.98 Å². The second kappa shape index (κ2) is 7.22. The molecular weight excluding hydrogens is 331 g/mol. The Balaban J connectivity index is 1.84. The normalized spacial score (nSPS) is 14.2. The summed E-state index contributed by atoms with van der Waals surface area (Å²) in [5, 5.41) is 13.5. The number of aromatic nitrogens is 1. The first kappa shape index (κ1) is 16.8. The van der Waals surface area contributed by atoms with Crippen LogP contribution < -0.4 is 10.2 Å². The lowest BCUT2D eigenvalue weighted by Gasteiger charge is -2.29. The van der Waals surface area contributed by atoms with Crippen molar-refractivity contribution in [2.45, 2.75) is 0 Å². The van der Waals surface area contributed by atoms with Crippen LogP contribution in [0.5, 0.6) is 0 Å². The van der Waals surface area contributed by atoms with Crippen LogP contribution >= 0.6 is 0 Å². The molecule has 1 aromatic carbocycles. The minimum absolute atomic E-state index is 0.00937. The van der Waals surface area contributed by atoms with Crippen molar-refractivity contribution >= 4 is 23.1 Å². The SMILES string of the molecule is O=C(Nc1cccnc1N1CCOCC1)c1ccc(F)c([N+](=O)[O-])c1.